The molecule has 20 heavy (non-hydrogen) atoms. The van der Waals surface area contributed by atoms with E-state index in [1.807, 2.05) is 4.90 Å². The SMILES string of the molecule is Cc1cc(C)cc(CSCC(=O)N2CC[C@@H](CN)C2)c1. The van der Waals surface area contributed by atoms with Gasteiger partial charge in [-0.25, -0.2) is 0 Å². The Labute approximate surface area is 125 Å². The van der Waals surface area contributed by atoms with E-state index in [0.29, 0.717) is 18.2 Å². The Balaban J connectivity index is 1.77. The first-order chi connectivity index (χ1) is 9.58. The number of rotatable bonds is 5. The van der Waals surface area contributed by atoms with Gasteiger partial charge in [0.15, 0.2) is 0 Å². The Morgan fingerprint density at radius 1 is 1.35 bits per heavy atom. The first kappa shape index (κ1) is 15.4. The summed E-state index contributed by atoms with van der Waals surface area (Å²) >= 11 is 1.71. The molecule has 0 bridgehead atoms. The van der Waals surface area contributed by atoms with Crippen molar-refractivity contribution in [2.24, 2.45) is 11.7 Å². The van der Waals surface area contributed by atoms with Crippen molar-refractivity contribution < 1.29 is 4.79 Å². The molecule has 1 saturated heterocycles. The van der Waals surface area contributed by atoms with Crippen molar-refractivity contribution in [3.8, 4) is 0 Å². The Hall–Kier alpha value is -1.00. The molecule has 1 fully saturated rings. The van der Waals surface area contributed by atoms with Gasteiger partial charge in [0.25, 0.3) is 0 Å². The molecule has 0 aromatic heterocycles. The summed E-state index contributed by atoms with van der Waals surface area (Å²) in [6.07, 6.45) is 1.06. The van der Waals surface area contributed by atoms with Gasteiger partial charge in [-0.2, -0.15) is 0 Å². The molecule has 0 saturated carbocycles. The number of carbonyl (C=O) groups is 1. The van der Waals surface area contributed by atoms with Gasteiger partial charge in [0.05, 0.1) is 5.75 Å². The summed E-state index contributed by atoms with van der Waals surface area (Å²) in [5.74, 6) is 2.24. The summed E-state index contributed by atoms with van der Waals surface area (Å²) in [4.78, 5) is 14.1. The lowest BCUT2D eigenvalue weighted by molar-refractivity contribution is -0.127. The van der Waals surface area contributed by atoms with Crippen LogP contribution in [0.4, 0.5) is 0 Å². The van der Waals surface area contributed by atoms with Gasteiger partial charge >= 0.3 is 0 Å². The molecular weight excluding hydrogens is 268 g/mol. The minimum Gasteiger partial charge on any atom is -0.342 e. The third-order valence-electron chi connectivity index (χ3n) is 3.75. The summed E-state index contributed by atoms with van der Waals surface area (Å²) in [6.45, 7) is 6.65. The van der Waals surface area contributed by atoms with E-state index in [1.165, 1.54) is 16.7 Å². The number of likely N-dealkylation sites (tertiary alicyclic amines) is 1. The number of hydrogen-bond acceptors (Lipinski definition) is 3. The van der Waals surface area contributed by atoms with Crippen molar-refractivity contribution in [1.29, 1.82) is 0 Å². The fourth-order valence-electron chi connectivity index (χ4n) is 2.75. The third kappa shape index (κ3) is 4.25. The van der Waals surface area contributed by atoms with E-state index >= 15 is 0 Å². The molecule has 3 nitrogen and oxygen atoms in total. The normalized spacial score (nSPS) is 18.6. The lowest BCUT2D eigenvalue weighted by Gasteiger charge is -2.16. The summed E-state index contributed by atoms with van der Waals surface area (Å²) in [5.41, 5.74) is 9.54. The predicted octanol–water partition coefficient (Wildman–Crippen LogP) is 2.34. The lowest BCUT2D eigenvalue weighted by Crippen LogP contribution is -2.31. The van der Waals surface area contributed by atoms with Crippen LogP contribution in [0.5, 0.6) is 0 Å². The highest BCUT2D eigenvalue weighted by atomic mass is 32.2. The number of nitrogens with zero attached hydrogens (tertiary/aromatic N) is 1. The number of nitrogens with two attached hydrogens (primary N) is 1. The first-order valence-corrected chi connectivity index (χ1v) is 8.36. The quantitative estimate of drug-likeness (QED) is 0.906. The third-order valence-corrected chi connectivity index (χ3v) is 4.74. The van der Waals surface area contributed by atoms with E-state index in [-0.39, 0.29) is 5.91 Å². The monoisotopic (exact) mass is 292 g/mol. The second kappa shape index (κ2) is 7.14. The van der Waals surface area contributed by atoms with Crippen molar-refractivity contribution in [3.05, 3.63) is 34.9 Å². The Morgan fingerprint density at radius 2 is 2.05 bits per heavy atom. The highest BCUT2D eigenvalue weighted by Crippen LogP contribution is 2.19. The van der Waals surface area contributed by atoms with Crippen LogP contribution in [0.1, 0.15) is 23.1 Å². The zero-order valence-corrected chi connectivity index (χ0v) is 13.2. The second-order valence-corrected chi connectivity index (χ2v) is 6.70. The van der Waals surface area contributed by atoms with Crippen LogP contribution in [0, 0.1) is 19.8 Å². The Bertz CT molecular complexity index is 455. The molecular formula is C16H24N2OS. The molecule has 1 aliphatic heterocycles. The van der Waals surface area contributed by atoms with E-state index in [1.54, 1.807) is 11.8 Å². The lowest BCUT2D eigenvalue weighted by atomic mass is 10.1. The summed E-state index contributed by atoms with van der Waals surface area (Å²) < 4.78 is 0. The van der Waals surface area contributed by atoms with Gasteiger partial charge in [-0.1, -0.05) is 29.3 Å². The topological polar surface area (TPSA) is 46.3 Å². The van der Waals surface area contributed by atoms with Crippen molar-refractivity contribution in [2.75, 3.05) is 25.4 Å². The standard InChI is InChI=1S/C16H24N2OS/c1-12-5-13(2)7-15(6-12)10-20-11-16(19)18-4-3-14(8-17)9-18/h5-7,14H,3-4,8-11,17H2,1-2H3/t14-/m0/s1. The highest BCUT2D eigenvalue weighted by Gasteiger charge is 2.24. The van der Waals surface area contributed by atoms with Crippen molar-refractivity contribution in [1.82, 2.24) is 4.90 Å². The molecule has 0 spiro atoms. The predicted molar refractivity (Wildman–Crippen MR) is 85.8 cm³/mol. The molecule has 1 aromatic carbocycles. The van der Waals surface area contributed by atoms with E-state index < -0.39 is 0 Å². The average Bonchev–Trinajstić information content (AvgIpc) is 2.86. The van der Waals surface area contributed by atoms with Crippen molar-refractivity contribution in [2.45, 2.75) is 26.0 Å². The Morgan fingerprint density at radius 3 is 2.65 bits per heavy atom. The molecule has 2 rings (SSSR count). The molecule has 0 unspecified atom stereocenters. The molecule has 0 aliphatic carbocycles. The maximum atomic E-state index is 12.1. The number of thioether (sulfide) groups is 1. The first-order valence-electron chi connectivity index (χ1n) is 7.21. The molecule has 1 amide bonds. The van der Waals surface area contributed by atoms with Crippen LogP contribution in [0.25, 0.3) is 0 Å². The second-order valence-electron chi connectivity index (χ2n) is 5.72. The highest BCUT2D eigenvalue weighted by molar-refractivity contribution is 7.99. The van der Waals surface area contributed by atoms with Crippen molar-refractivity contribution in [3.63, 3.8) is 0 Å². The van der Waals surface area contributed by atoms with E-state index in [2.05, 4.69) is 32.0 Å². The minimum atomic E-state index is 0.260. The molecule has 1 aromatic rings. The van der Waals surface area contributed by atoms with Gasteiger partial charge in [-0.05, 0) is 38.3 Å². The van der Waals surface area contributed by atoms with Gasteiger partial charge in [0, 0.05) is 18.8 Å². The molecule has 1 atom stereocenters. The molecule has 1 aliphatic rings. The number of carbonyl (C=O) groups excluding carboxylic acids is 1. The minimum absolute atomic E-state index is 0.260. The zero-order valence-electron chi connectivity index (χ0n) is 12.4. The summed E-state index contributed by atoms with van der Waals surface area (Å²) in [6, 6.07) is 6.58. The van der Waals surface area contributed by atoms with Gasteiger partial charge in [0.1, 0.15) is 0 Å². The molecule has 110 valence electrons. The smallest absolute Gasteiger partial charge is 0.232 e. The summed E-state index contributed by atoms with van der Waals surface area (Å²) in [7, 11) is 0. The van der Waals surface area contributed by atoms with Crippen LogP contribution < -0.4 is 5.73 Å². The molecule has 2 N–H and O–H groups in total. The van der Waals surface area contributed by atoms with Crippen LogP contribution >= 0.6 is 11.8 Å². The largest absolute Gasteiger partial charge is 0.342 e. The van der Waals surface area contributed by atoms with E-state index in [4.69, 9.17) is 5.73 Å². The maximum Gasteiger partial charge on any atom is 0.232 e. The van der Waals surface area contributed by atoms with Crippen molar-refractivity contribution >= 4 is 17.7 Å². The molecule has 4 heteroatoms. The van der Waals surface area contributed by atoms with Crippen LogP contribution in [-0.2, 0) is 10.5 Å². The maximum absolute atomic E-state index is 12.1. The summed E-state index contributed by atoms with van der Waals surface area (Å²) in [5, 5.41) is 0. The van der Waals surface area contributed by atoms with Crippen LogP contribution in [-0.4, -0.2) is 36.2 Å². The number of aryl methyl sites for hydroxylation is 2. The fourth-order valence-corrected chi connectivity index (χ4v) is 3.61. The fraction of sp³-hybridized carbons (Fsp3) is 0.562. The van der Waals surface area contributed by atoms with E-state index in [0.717, 1.165) is 25.3 Å². The van der Waals surface area contributed by atoms with Crippen LogP contribution in [0.3, 0.4) is 0 Å². The molecule has 0 radical (unpaired) electrons. The zero-order chi connectivity index (χ0) is 14.5. The number of amides is 1. The average molecular weight is 292 g/mol. The van der Waals surface area contributed by atoms with Crippen LogP contribution in [0.2, 0.25) is 0 Å². The van der Waals surface area contributed by atoms with Gasteiger partial charge in [0.2, 0.25) is 5.91 Å². The van der Waals surface area contributed by atoms with Gasteiger partial charge in [-0.15, -0.1) is 11.8 Å². The van der Waals surface area contributed by atoms with Crippen LogP contribution in [0.15, 0.2) is 18.2 Å². The number of benzene rings is 1. The van der Waals surface area contributed by atoms with Gasteiger partial charge < -0.3 is 10.6 Å². The molecule has 1 heterocycles. The van der Waals surface area contributed by atoms with E-state index in [9.17, 15) is 4.79 Å². The number of hydrogen-bond donors (Lipinski definition) is 1. The Kier molecular flexibility index (Phi) is 5.49. The van der Waals surface area contributed by atoms with Gasteiger partial charge in [-0.3, -0.25) is 4.79 Å².